The summed E-state index contributed by atoms with van der Waals surface area (Å²) in [5.41, 5.74) is 9.37. The molecule has 1 aromatic rings. The van der Waals surface area contributed by atoms with Crippen LogP contribution in [0.5, 0.6) is 0 Å². The van der Waals surface area contributed by atoms with Crippen LogP contribution < -0.4 is 11.2 Å². The van der Waals surface area contributed by atoms with Crippen molar-refractivity contribution in [2.24, 2.45) is 10.8 Å². The minimum atomic E-state index is -0.623. The maximum Gasteiger partial charge on any atom is 0.332 e. The van der Waals surface area contributed by atoms with Crippen molar-refractivity contribution in [3.63, 3.8) is 0 Å². The zero-order valence-electron chi connectivity index (χ0n) is 9.44. The molecule has 0 unspecified atom stereocenters. The molecule has 1 aromatic carbocycles. The van der Waals surface area contributed by atoms with E-state index in [9.17, 15) is 4.79 Å². The molecule has 0 radical (unpaired) electrons. The van der Waals surface area contributed by atoms with Gasteiger partial charge in [-0.15, -0.1) is 0 Å². The molecule has 3 N–H and O–H groups in total. The predicted octanol–water partition coefficient (Wildman–Crippen LogP) is 2.05. The predicted molar refractivity (Wildman–Crippen MR) is 65.2 cm³/mol. The molecule has 16 heavy (non-hydrogen) atoms. The molecule has 4 heteroatoms. The van der Waals surface area contributed by atoms with Gasteiger partial charge in [-0.25, -0.2) is 10.2 Å². The van der Waals surface area contributed by atoms with Crippen molar-refractivity contribution in [3.8, 4) is 0 Å². The molecule has 0 aliphatic rings. The van der Waals surface area contributed by atoms with Crippen molar-refractivity contribution in [1.29, 1.82) is 0 Å². The number of benzene rings is 1. The minimum Gasteiger partial charge on any atom is -0.350 e. The Bertz CT molecular complexity index is 360. The Balaban J connectivity index is 2.64. The van der Waals surface area contributed by atoms with Gasteiger partial charge < -0.3 is 5.73 Å². The standard InChI is InChI=1S/C12H17N3O/c1-2-6-11(14-15-12(13)16)9-10-7-4-3-5-8-10/h3-5,7-8H,2,6,9H2,1H3,(H3,13,15,16). The number of nitrogens with one attached hydrogen (secondary N) is 1. The van der Waals surface area contributed by atoms with Gasteiger partial charge in [0.15, 0.2) is 0 Å². The first kappa shape index (κ1) is 12.2. The van der Waals surface area contributed by atoms with E-state index in [0.29, 0.717) is 0 Å². The van der Waals surface area contributed by atoms with Gasteiger partial charge in [-0.2, -0.15) is 5.10 Å². The molecule has 0 aromatic heterocycles. The Hall–Kier alpha value is -1.84. The van der Waals surface area contributed by atoms with Crippen LogP contribution in [0.4, 0.5) is 4.79 Å². The molecule has 0 saturated heterocycles. The van der Waals surface area contributed by atoms with Gasteiger partial charge in [-0.3, -0.25) is 0 Å². The molecule has 86 valence electrons. The van der Waals surface area contributed by atoms with Gasteiger partial charge >= 0.3 is 6.03 Å². The highest BCUT2D eigenvalue weighted by Crippen LogP contribution is 2.04. The van der Waals surface area contributed by atoms with Crippen LogP contribution in [0, 0.1) is 0 Å². The summed E-state index contributed by atoms with van der Waals surface area (Å²) >= 11 is 0. The highest BCUT2D eigenvalue weighted by molar-refractivity contribution is 5.87. The molecule has 0 heterocycles. The molecule has 0 spiro atoms. The topological polar surface area (TPSA) is 67.5 Å². The number of primary amides is 1. The van der Waals surface area contributed by atoms with Gasteiger partial charge in [0.2, 0.25) is 0 Å². The minimum absolute atomic E-state index is 0.623. The van der Waals surface area contributed by atoms with E-state index >= 15 is 0 Å². The summed E-state index contributed by atoms with van der Waals surface area (Å²) in [7, 11) is 0. The number of nitrogens with two attached hydrogens (primary N) is 1. The van der Waals surface area contributed by atoms with E-state index in [4.69, 9.17) is 5.73 Å². The first-order valence-corrected chi connectivity index (χ1v) is 5.37. The van der Waals surface area contributed by atoms with Crippen molar-refractivity contribution in [3.05, 3.63) is 35.9 Å². The Morgan fingerprint density at radius 2 is 2.06 bits per heavy atom. The molecule has 1 rings (SSSR count). The quantitative estimate of drug-likeness (QED) is 0.577. The summed E-state index contributed by atoms with van der Waals surface area (Å²) in [5.74, 6) is 0. The first-order chi connectivity index (χ1) is 7.72. The number of hydrogen-bond acceptors (Lipinski definition) is 2. The lowest BCUT2D eigenvalue weighted by Gasteiger charge is -2.05. The lowest BCUT2D eigenvalue weighted by Crippen LogP contribution is -2.26. The van der Waals surface area contributed by atoms with Crippen molar-refractivity contribution in [1.82, 2.24) is 5.43 Å². The van der Waals surface area contributed by atoms with Crippen LogP contribution in [0.3, 0.4) is 0 Å². The second kappa shape index (κ2) is 6.61. The number of urea groups is 1. The average molecular weight is 219 g/mol. The Morgan fingerprint density at radius 1 is 1.38 bits per heavy atom. The van der Waals surface area contributed by atoms with Gasteiger partial charge in [-0.05, 0) is 12.0 Å². The highest BCUT2D eigenvalue weighted by Gasteiger charge is 2.01. The SMILES string of the molecule is CCCC(Cc1ccccc1)=NNC(N)=O. The summed E-state index contributed by atoms with van der Waals surface area (Å²) in [4.78, 5) is 10.6. The van der Waals surface area contributed by atoms with Crippen molar-refractivity contribution in [2.45, 2.75) is 26.2 Å². The molecule has 0 aliphatic heterocycles. The lowest BCUT2D eigenvalue weighted by molar-refractivity contribution is 0.249. The molecule has 4 nitrogen and oxygen atoms in total. The van der Waals surface area contributed by atoms with E-state index in [-0.39, 0.29) is 0 Å². The number of hydrogen-bond donors (Lipinski definition) is 2. The third kappa shape index (κ3) is 4.59. The monoisotopic (exact) mass is 219 g/mol. The molecular weight excluding hydrogens is 202 g/mol. The fourth-order valence-electron chi connectivity index (χ4n) is 1.44. The van der Waals surface area contributed by atoms with E-state index < -0.39 is 6.03 Å². The number of amides is 2. The van der Waals surface area contributed by atoms with E-state index in [0.717, 1.165) is 25.0 Å². The van der Waals surface area contributed by atoms with Crippen LogP contribution in [-0.4, -0.2) is 11.7 Å². The second-order valence-corrected chi connectivity index (χ2v) is 3.57. The van der Waals surface area contributed by atoms with Gasteiger partial charge in [0.05, 0.1) is 0 Å². The van der Waals surface area contributed by atoms with Gasteiger partial charge in [0, 0.05) is 12.1 Å². The van der Waals surface area contributed by atoms with Gasteiger partial charge in [0.25, 0.3) is 0 Å². The fourth-order valence-corrected chi connectivity index (χ4v) is 1.44. The maximum absolute atomic E-state index is 10.6. The molecule has 0 aliphatic carbocycles. The zero-order valence-corrected chi connectivity index (χ0v) is 9.44. The van der Waals surface area contributed by atoms with Crippen LogP contribution in [0.2, 0.25) is 0 Å². The molecule has 0 bridgehead atoms. The largest absolute Gasteiger partial charge is 0.350 e. The molecule has 0 atom stereocenters. The third-order valence-corrected chi connectivity index (χ3v) is 2.11. The first-order valence-electron chi connectivity index (χ1n) is 5.37. The lowest BCUT2D eigenvalue weighted by atomic mass is 10.1. The number of nitrogens with zero attached hydrogens (tertiary/aromatic N) is 1. The summed E-state index contributed by atoms with van der Waals surface area (Å²) < 4.78 is 0. The van der Waals surface area contributed by atoms with Gasteiger partial charge in [-0.1, -0.05) is 43.7 Å². The van der Waals surface area contributed by atoms with Crippen LogP contribution in [0.15, 0.2) is 35.4 Å². The summed E-state index contributed by atoms with van der Waals surface area (Å²) in [5, 5.41) is 4.00. The fraction of sp³-hybridized carbons (Fsp3) is 0.333. The zero-order chi connectivity index (χ0) is 11.8. The Labute approximate surface area is 95.5 Å². The van der Waals surface area contributed by atoms with E-state index in [1.165, 1.54) is 5.56 Å². The third-order valence-electron chi connectivity index (χ3n) is 2.11. The average Bonchev–Trinajstić information content (AvgIpc) is 2.27. The second-order valence-electron chi connectivity index (χ2n) is 3.57. The summed E-state index contributed by atoms with van der Waals surface area (Å²) in [6.07, 6.45) is 2.59. The van der Waals surface area contributed by atoms with Gasteiger partial charge in [0.1, 0.15) is 0 Å². The van der Waals surface area contributed by atoms with Crippen LogP contribution in [0.1, 0.15) is 25.3 Å². The molecule has 2 amide bonds. The van der Waals surface area contributed by atoms with Crippen LogP contribution in [0.25, 0.3) is 0 Å². The van der Waals surface area contributed by atoms with Crippen LogP contribution in [-0.2, 0) is 6.42 Å². The Morgan fingerprint density at radius 3 is 2.62 bits per heavy atom. The van der Waals surface area contributed by atoms with E-state index in [1.54, 1.807) is 0 Å². The van der Waals surface area contributed by atoms with Crippen molar-refractivity contribution in [2.75, 3.05) is 0 Å². The number of carbonyl (C=O) groups is 1. The Kier molecular flexibility index (Phi) is 5.05. The number of hydrazone groups is 1. The molecule has 0 saturated carbocycles. The van der Waals surface area contributed by atoms with E-state index in [2.05, 4.69) is 17.5 Å². The number of carbonyl (C=O) groups excluding carboxylic acids is 1. The normalized spacial score (nSPS) is 11.2. The molecular formula is C12H17N3O. The highest BCUT2D eigenvalue weighted by atomic mass is 16.2. The molecule has 0 fully saturated rings. The summed E-state index contributed by atoms with van der Waals surface area (Å²) in [6.45, 7) is 2.07. The smallest absolute Gasteiger partial charge is 0.332 e. The number of rotatable bonds is 5. The van der Waals surface area contributed by atoms with Crippen molar-refractivity contribution < 1.29 is 4.79 Å². The van der Waals surface area contributed by atoms with E-state index in [1.807, 2.05) is 30.3 Å². The van der Waals surface area contributed by atoms with Crippen LogP contribution >= 0.6 is 0 Å². The maximum atomic E-state index is 10.6. The van der Waals surface area contributed by atoms with Crippen molar-refractivity contribution >= 4 is 11.7 Å². The summed E-state index contributed by atoms with van der Waals surface area (Å²) in [6, 6.07) is 9.40.